The van der Waals surface area contributed by atoms with Gasteiger partial charge in [0.15, 0.2) is 0 Å². The highest BCUT2D eigenvalue weighted by Gasteiger charge is 2.18. The molecule has 3 aromatic heterocycles. The van der Waals surface area contributed by atoms with Crippen molar-refractivity contribution in [2.45, 2.75) is 0 Å². The van der Waals surface area contributed by atoms with Gasteiger partial charge in [0.05, 0.1) is 34.6 Å². The summed E-state index contributed by atoms with van der Waals surface area (Å²) in [5.74, 6) is 0.840. The van der Waals surface area contributed by atoms with Crippen molar-refractivity contribution in [3.63, 3.8) is 0 Å². The zero-order valence-electron chi connectivity index (χ0n) is 34.0. The van der Waals surface area contributed by atoms with Gasteiger partial charge in [0.25, 0.3) is 0 Å². The Morgan fingerprint density at radius 2 is 0.870 bits per heavy atom. The van der Waals surface area contributed by atoms with Gasteiger partial charge in [0, 0.05) is 38.2 Å². The first-order valence-corrected chi connectivity index (χ1v) is 18.1. The van der Waals surface area contributed by atoms with Crippen LogP contribution in [0.4, 0.5) is 0 Å². The van der Waals surface area contributed by atoms with Crippen molar-refractivity contribution < 1.29 is 6.85 Å². The third-order valence-corrected chi connectivity index (χ3v) is 10.6. The van der Waals surface area contributed by atoms with Crippen LogP contribution in [0.2, 0.25) is 0 Å². The molecular formula is C51H33N3. The van der Waals surface area contributed by atoms with Crippen molar-refractivity contribution >= 4 is 54.4 Å². The summed E-state index contributed by atoms with van der Waals surface area (Å²) >= 11 is 0. The van der Waals surface area contributed by atoms with E-state index in [2.05, 4.69) is 132 Å². The van der Waals surface area contributed by atoms with Gasteiger partial charge in [-0.3, -0.25) is 4.57 Å². The highest BCUT2D eigenvalue weighted by Crippen LogP contribution is 2.39. The summed E-state index contributed by atoms with van der Waals surface area (Å²) in [5.41, 5.74) is 10.1. The van der Waals surface area contributed by atoms with Crippen LogP contribution in [0.25, 0.3) is 99.4 Å². The summed E-state index contributed by atoms with van der Waals surface area (Å²) in [4.78, 5) is 5.42. The van der Waals surface area contributed by atoms with Crippen LogP contribution < -0.4 is 0 Å². The molecule has 0 aliphatic carbocycles. The zero-order valence-corrected chi connectivity index (χ0v) is 29.0. The van der Waals surface area contributed by atoms with Crippen LogP contribution in [0.5, 0.6) is 0 Å². The molecule has 0 aliphatic heterocycles. The number of aromatic nitrogens is 3. The maximum absolute atomic E-state index is 8.78. The molecule has 252 valence electrons. The molecule has 0 spiro atoms. The van der Waals surface area contributed by atoms with Crippen molar-refractivity contribution in [1.29, 1.82) is 0 Å². The van der Waals surface area contributed by atoms with Gasteiger partial charge in [0.1, 0.15) is 5.82 Å². The van der Waals surface area contributed by atoms with E-state index in [4.69, 9.17) is 11.8 Å². The zero-order chi connectivity index (χ0) is 39.9. The minimum absolute atomic E-state index is 0.138. The lowest BCUT2D eigenvalue weighted by molar-refractivity contribution is 1.09. The first-order valence-electron chi connectivity index (χ1n) is 20.6. The smallest absolute Gasteiger partial charge is 0.138 e. The largest absolute Gasteiger partial charge is 0.309 e. The standard InChI is InChI=1S/C51H33N3/c1-3-13-34(14-4-1)35-23-25-36(26-24-35)51-41-18-8-7-15-39(41)33-50(52-51)54-47-22-12-10-20-43(47)45-32-38(28-30-49(45)54)37-27-29-48-44(31-37)42-19-9-11-21-46(42)53(48)40-16-5-2-6-17-40/h1-33H/i2D,5D,6D,16D,17D. The Kier molecular flexibility index (Phi) is 5.79. The Labute approximate surface area is 319 Å². The number of pyridine rings is 1. The summed E-state index contributed by atoms with van der Waals surface area (Å²) in [6.07, 6.45) is 0. The number of para-hydroxylation sites is 3. The molecule has 0 fully saturated rings. The molecule has 0 radical (unpaired) electrons. The Bertz CT molecular complexity index is 3470. The van der Waals surface area contributed by atoms with E-state index in [1.807, 2.05) is 42.5 Å². The molecule has 0 bridgehead atoms. The quantitative estimate of drug-likeness (QED) is 0.176. The van der Waals surface area contributed by atoms with Crippen LogP contribution in [0.15, 0.2) is 200 Å². The Morgan fingerprint density at radius 1 is 0.370 bits per heavy atom. The fraction of sp³-hybridized carbons (Fsp3) is 0. The maximum Gasteiger partial charge on any atom is 0.138 e. The topological polar surface area (TPSA) is 22.8 Å². The molecule has 3 heteroatoms. The highest BCUT2D eigenvalue weighted by molar-refractivity contribution is 6.13. The molecule has 0 N–H and O–H groups in total. The van der Waals surface area contributed by atoms with E-state index >= 15 is 0 Å². The number of benzene rings is 8. The Balaban J connectivity index is 1.07. The van der Waals surface area contributed by atoms with Gasteiger partial charge in [-0.2, -0.15) is 0 Å². The minimum Gasteiger partial charge on any atom is -0.309 e. The molecule has 0 saturated heterocycles. The normalized spacial score (nSPS) is 13.0. The average Bonchev–Trinajstić information content (AvgIpc) is 3.80. The van der Waals surface area contributed by atoms with E-state index in [-0.39, 0.29) is 29.9 Å². The SMILES string of the molecule is [2H]c1c([2H])c([2H])c(-n2c3ccccc3c3cc(-c4ccc5c(c4)c4ccccc4n5-c4cc5ccccc5c(-c5ccc(-c6ccccc6)cc5)n4)ccc32)c([2H])c1[2H]. The van der Waals surface area contributed by atoms with Crippen molar-refractivity contribution in [2.75, 3.05) is 0 Å². The van der Waals surface area contributed by atoms with Gasteiger partial charge in [-0.1, -0.05) is 146 Å². The molecule has 0 amide bonds. The first-order chi connectivity index (χ1) is 28.9. The summed E-state index contributed by atoms with van der Waals surface area (Å²) in [6, 6.07) is 57.1. The summed E-state index contributed by atoms with van der Waals surface area (Å²) in [5, 5.41) is 6.28. The Hall–Kier alpha value is -7.23. The second-order valence-electron chi connectivity index (χ2n) is 13.6. The van der Waals surface area contributed by atoms with Gasteiger partial charge >= 0.3 is 0 Å². The monoisotopic (exact) mass is 692 g/mol. The number of rotatable bonds is 5. The molecule has 0 unspecified atom stereocenters. The fourth-order valence-corrected chi connectivity index (χ4v) is 8.12. The molecule has 11 rings (SSSR count). The number of hydrogen-bond donors (Lipinski definition) is 0. The van der Waals surface area contributed by atoms with Crippen LogP contribution in [-0.2, 0) is 0 Å². The van der Waals surface area contributed by atoms with Crippen LogP contribution in [0.3, 0.4) is 0 Å². The van der Waals surface area contributed by atoms with Crippen LogP contribution in [0, 0.1) is 0 Å². The lowest BCUT2D eigenvalue weighted by Gasteiger charge is -2.13. The molecule has 3 nitrogen and oxygen atoms in total. The Morgan fingerprint density at radius 3 is 1.56 bits per heavy atom. The molecule has 8 aromatic carbocycles. The molecule has 0 atom stereocenters. The number of nitrogens with zero attached hydrogens (tertiary/aromatic N) is 3. The summed E-state index contributed by atoms with van der Waals surface area (Å²) in [6.45, 7) is 0. The predicted octanol–water partition coefficient (Wildman–Crippen LogP) is 13.4. The van der Waals surface area contributed by atoms with Crippen molar-refractivity contribution in [2.24, 2.45) is 0 Å². The molecule has 3 heterocycles. The molecule has 0 aliphatic rings. The summed E-state index contributed by atoms with van der Waals surface area (Å²) < 4.78 is 46.5. The van der Waals surface area contributed by atoms with Gasteiger partial charge in [-0.15, -0.1) is 0 Å². The highest BCUT2D eigenvalue weighted by atomic mass is 15.1. The molecular weight excluding hydrogens is 655 g/mol. The fourth-order valence-electron chi connectivity index (χ4n) is 8.12. The van der Waals surface area contributed by atoms with Gasteiger partial charge < -0.3 is 4.57 Å². The number of hydrogen-bond acceptors (Lipinski definition) is 1. The second kappa shape index (κ2) is 12.2. The van der Waals surface area contributed by atoms with E-state index in [1.165, 1.54) is 5.56 Å². The second-order valence-corrected chi connectivity index (χ2v) is 13.6. The van der Waals surface area contributed by atoms with E-state index in [0.29, 0.717) is 0 Å². The van der Waals surface area contributed by atoms with E-state index in [9.17, 15) is 0 Å². The molecule has 0 saturated carbocycles. The van der Waals surface area contributed by atoms with Crippen LogP contribution in [-0.4, -0.2) is 14.1 Å². The lowest BCUT2D eigenvalue weighted by Crippen LogP contribution is -2.00. The maximum atomic E-state index is 8.78. The molecule has 54 heavy (non-hydrogen) atoms. The predicted molar refractivity (Wildman–Crippen MR) is 227 cm³/mol. The van der Waals surface area contributed by atoms with Gasteiger partial charge in [0.2, 0.25) is 0 Å². The first kappa shape index (κ1) is 25.7. The van der Waals surface area contributed by atoms with Crippen LogP contribution in [0.1, 0.15) is 6.85 Å². The minimum atomic E-state index is -0.408. The van der Waals surface area contributed by atoms with Gasteiger partial charge in [-0.05, 0) is 82.2 Å². The van der Waals surface area contributed by atoms with Crippen molar-refractivity contribution in [3.05, 3.63) is 200 Å². The van der Waals surface area contributed by atoms with Crippen molar-refractivity contribution in [1.82, 2.24) is 14.1 Å². The van der Waals surface area contributed by atoms with E-state index in [0.717, 1.165) is 88.1 Å². The van der Waals surface area contributed by atoms with Gasteiger partial charge in [-0.25, -0.2) is 4.98 Å². The molecule has 11 aromatic rings. The third kappa shape index (κ3) is 4.79. The third-order valence-electron chi connectivity index (χ3n) is 10.6. The van der Waals surface area contributed by atoms with Crippen molar-refractivity contribution in [3.8, 4) is 45.0 Å². The van der Waals surface area contributed by atoms with E-state index in [1.54, 1.807) is 4.57 Å². The average molecular weight is 693 g/mol. The lowest BCUT2D eigenvalue weighted by atomic mass is 10.00. The van der Waals surface area contributed by atoms with Crippen LogP contribution >= 0.6 is 0 Å². The summed E-state index contributed by atoms with van der Waals surface area (Å²) in [7, 11) is 0. The number of fused-ring (bicyclic) bond motifs is 7. The van der Waals surface area contributed by atoms with E-state index < -0.39 is 6.04 Å².